The molecule has 0 atom stereocenters. The van der Waals surface area contributed by atoms with Gasteiger partial charge in [-0.3, -0.25) is 24.6 Å². The van der Waals surface area contributed by atoms with Crippen LogP contribution in [0.25, 0.3) is 6.08 Å². The highest BCUT2D eigenvalue weighted by Gasteiger charge is 2.35. The van der Waals surface area contributed by atoms with Crippen molar-refractivity contribution in [2.24, 2.45) is 0 Å². The molecule has 34 heavy (non-hydrogen) atoms. The van der Waals surface area contributed by atoms with Gasteiger partial charge < -0.3 is 4.74 Å². The number of amides is 2. The van der Waals surface area contributed by atoms with Crippen LogP contribution in [0.5, 0.6) is 5.75 Å². The van der Waals surface area contributed by atoms with Crippen LogP contribution in [0.15, 0.2) is 76.1 Å². The van der Waals surface area contributed by atoms with Crippen LogP contribution >= 0.6 is 27.7 Å². The molecule has 3 aromatic rings. The zero-order chi connectivity index (χ0) is 24.2. The Labute approximate surface area is 206 Å². The van der Waals surface area contributed by atoms with Crippen molar-refractivity contribution < 1.29 is 23.6 Å². The van der Waals surface area contributed by atoms with Gasteiger partial charge in [0.1, 0.15) is 18.2 Å². The van der Waals surface area contributed by atoms with Gasteiger partial charge in [0.05, 0.1) is 20.8 Å². The average molecular weight is 543 g/mol. The first-order chi connectivity index (χ1) is 16.3. The van der Waals surface area contributed by atoms with E-state index in [1.807, 2.05) is 0 Å². The number of nitro groups is 1. The van der Waals surface area contributed by atoms with E-state index in [9.17, 15) is 24.1 Å². The Hall–Kier alpha value is -3.50. The third-order valence-electron chi connectivity index (χ3n) is 4.92. The van der Waals surface area contributed by atoms with Gasteiger partial charge in [-0.15, -0.1) is 0 Å². The number of nitrogens with zero attached hydrogens (tertiary/aromatic N) is 2. The number of nitro benzene ring substituents is 1. The zero-order valence-corrected chi connectivity index (χ0v) is 19.8. The van der Waals surface area contributed by atoms with Crippen molar-refractivity contribution >= 4 is 50.6 Å². The van der Waals surface area contributed by atoms with E-state index in [2.05, 4.69) is 15.9 Å². The quantitative estimate of drug-likeness (QED) is 0.197. The highest BCUT2D eigenvalue weighted by atomic mass is 79.9. The lowest BCUT2D eigenvalue weighted by molar-refractivity contribution is -0.384. The summed E-state index contributed by atoms with van der Waals surface area (Å²) in [4.78, 5) is 36.8. The molecule has 1 heterocycles. The van der Waals surface area contributed by atoms with Crippen molar-refractivity contribution in [3.05, 3.63) is 109 Å². The summed E-state index contributed by atoms with van der Waals surface area (Å²) in [5.74, 6) is -0.166. The highest BCUT2D eigenvalue weighted by Crippen LogP contribution is 2.35. The molecule has 1 saturated heterocycles. The van der Waals surface area contributed by atoms with E-state index in [1.54, 1.807) is 36.4 Å². The highest BCUT2D eigenvalue weighted by molar-refractivity contribution is 9.10. The lowest BCUT2D eigenvalue weighted by atomic mass is 10.2. The Bertz CT molecular complexity index is 1300. The number of non-ortho nitro benzene ring substituents is 1. The molecule has 4 rings (SSSR count). The van der Waals surface area contributed by atoms with Gasteiger partial charge in [-0.05, 0) is 74.7 Å². The fourth-order valence-electron chi connectivity index (χ4n) is 3.16. The van der Waals surface area contributed by atoms with Gasteiger partial charge in [-0.25, -0.2) is 4.39 Å². The molecule has 3 aromatic carbocycles. The second-order valence-electron chi connectivity index (χ2n) is 7.30. The molecule has 10 heteroatoms. The molecular weight excluding hydrogens is 527 g/mol. The summed E-state index contributed by atoms with van der Waals surface area (Å²) in [6.07, 6.45) is 1.62. The van der Waals surface area contributed by atoms with Gasteiger partial charge in [0.25, 0.3) is 16.8 Å². The van der Waals surface area contributed by atoms with Crippen molar-refractivity contribution in [1.82, 2.24) is 4.90 Å². The van der Waals surface area contributed by atoms with Crippen LogP contribution in [0, 0.1) is 15.9 Å². The Kier molecular flexibility index (Phi) is 7.09. The number of carbonyl (C=O) groups excluding carboxylic acids is 2. The lowest BCUT2D eigenvalue weighted by Gasteiger charge is -2.12. The number of thioether (sulfide) groups is 1. The molecule has 1 aliphatic heterocycles. The first-order valence-corrected chi connectivity index (χ1v) is 11.6. The van der Waals surface area contributed by atoms with Crippen LogP contribution in [0.3, 0.4) is 0 Å². The minimum Gasteiger partial charge on any atom is -0.488 e. The maximum Gasteiger partial charge on any atom is 0.293 e. The molecule has 172 valence electrons. The molecule has 1 aliphatic rings. The number of carbonyl (C=O) groups is 2. The van der Waals surface area contributed by atoms with Crippen molar-refractivity contribution in [3.63, 3.8) is 0 Å². The van der Waals surface area contributed by atoms with Crippen LogP contribution in [0.1, 0.15) is 16.7 Å². The number of hydrogen-bond acceptors (Lipinski definition) is 6. The summed E-state index contributed by atoms with van der Waals surface area (Å²) in [6.45, 7) is 0.291. The third-order valence-corrected chi connectivity index (χ3v) is 6.45. The van der Waals surface area contributed by atoms with Crippen LogP contribution in [0.4, 0.5) is 14.9 Å². The van der Waals surface area contributed by atoms with Crippen molar-refractivity contribution in [1.29, 1.82) is 0 Å². The number of benzene rings is 3. The molecular formula is C24H16BrFN2O5S. The molecule has 0 saturated carbocycles. The molecule has 0 aliphatic carbocycles. The number of hydrogen-bond donors (Lipinski definition) is 0. The maximum atomic E-state index is 13.0. The van der Waals surface area contributed by atoms with Gasteiger partial charge in [0, 0.05) is 12.1 Å². The van der Waals surface area contributed by atoms with Crippen molar-refractivity contribution in [3.8, 4) is 5.75 Å². The first-order valence-electron chi connectivity index (χ1n) is 9.95. The standard InChI is InChI=1S/C24H16BrFN2O5S/c25-20-11-17(5-10-21(20)33-14-16-1-6-18(26)7-2-16)12-22-23(29)27(24(30)34-22)13-15-3-8-19(9-4-15)28(31)32/h1-12H,13-14H2/b22-12-. The van der Waals surface area contributed by atoms with E-state index < -0.39 is 16.1 Å². The summed E-state index contributed by atoms with van der Waals surface area (Å²) in [5.41, 5.74) is 2.06. The molecule has 0 radical (unpaired) electrons. The molecule has 7 nitrogen and oxygen atoms in total. The maximum absolute atomic E-state index is 13.0. The largest absolute Gasteiger partial charge is 0.488 e. The van der Waals surface area contributed by atoms with E-state index in [0.29, 0.717) is 21.3 Å². The van der Waals surface area contributed by atoms with Gasteiger partial charge in [0.15, 0.2) is 0 Å². The van der Waals surface area contributed by atoms with Crippen LogP contribution < -0.4 is 4.74 Å². The van der Waals surface area contributed by atoms with Crippen LogP contribution in [0.2, 0.25) is 0 Å². The van der Waals surface area contributed by atoms with Crippen LogP contribution in [-0.4, -0.2) is 21.0 Å². The first kappa shape index (κ1) is 23.7. The Morgan fingerprint density at radius 1 is 1.03 bits per heavy atom. The second-order valence-corrected chi connectivity index (χ2v) is 9.14. The number of halogens is 2. The Morgan fingerprint density at radius 2 is 1.71 bits per heavy atom. The number of ether oxygens (including phenoxy) is 1. The van der Waals surface area contributed by atoms with Crippen molar-refractivity contribution in [2.45, 2.75) is 13.2 Å². The van der Waals surface area contributed by atoms with Gasteiger partial charge in [0.2, 0.25) is 0 Å². The minimum absolute atomic E-state index is 0.0276. The summed E-state index contributed by atoms with van der Waals surface area (Å²) in [7, 11) is 0. The van der Waals surface area contributed by atoms with Gasteiger partial charge in [-0.2, -0.15) is 0 Å². The summed E-state index contributed by atoms with van der Waals surface area (Å²) in [5, 5.41) is 10.4. The fraction of sp³-hybridized carbons (Fsp3) is 0.0833. The monoisotopic (exact) mass is 542 g/mol. The predicted octanol–water partition coefficient (Wildman–Crippen LogP) is 6.31. The minimum atomic E-state index is -0.510. The predicted molar refractivity (Wildman–Crippen MR) is 129 cm³/mol. The number of imide groups is 1. The van der Waals surface area contributed by atoms with E-state index >= 15 is 0 Å². The smallest absolute Gasteiger partial charge is 0.293 e. The molecule has 0 N–H and O–H groups in total. The van der Waals surface area contributed by atoms with E-state index in [0.717, 1.165) is 22.2 Å². The van der Waals surface area contributed by atoms with Gasteiger partial charge in [-0.1, -0.05) is 30.3 Å². The summed E-state index contributed by atoms with van der Waals surface area (Å²) < 4.78 is 19.5. The SMILES string of the molecule is O=C1S/C(=C\c2ccc(OCc3ccc(F)cc3)c(Br)c2)C(=O)N1Cc1ccc([N+](=O)[O-])cc1. The molecule has 0 unspecified atom stereocenters. The Balaban J connectivity index is 1.43. The van der Waals surface area contributed by atoms with E-state index in [4.69, 9.17) is 4.74 Å². The van der Waals surface area contributed by atoms with E-state index in [1.165, 1.54) is 36.4 Å². The van der Waals surface area contributed by atoms with Crippen LogP contribution in [-0.2, 0) is 17.9 Å². The van der Waals surface area contributed by atoms with E-state index in [-0.39, 0.29) is 29.6 Å². The molecule has 2 amide bonds. The molecule has 0 spiro atoms. The fourth-order valence-corrected chi connectivity index (χ4v) is 4.51. The third kappa shape index (κ3) is 5.52. The lowest BCUT2D eigenvalue weighted by Crippen LogP contribution is -2.27. The zero-order valence-electron chi connectivity index (χ0n) is 17.4. The molecule has 0 bridgehead atoms. The average Bonchev–Trinajstić information content (AvgIpc) is 3.07. The van der Waals surface area contributed by atoms with Crippen molar-refractivity contribution in [2.75, 3.05) is 0 Å². The number of rotatable bonds is 7. The topological polar surface area (TPSA) is 89.8 Å². The Morgan fingerprint density at radius 3 is 2.35 bits per heavy atom. The molecule has 1 fully saturated rings. The molecule has 0 aromatic heterocycles. The summed E-state index contributed by atoms with van der Waals surface area (Å²) >= 11 is 4.29. The summed E-state index contributed by atoms with van der Waals surface area (Å²) in [6, 6.07) is 17.0. The normalized spacial score (nSPS) is 14.6. The second kappa shape index (κ2) is 10.2. The van der Waals surface area contributed by atoms with Gasteiger partial charge >= 0.3 is 0 Å².